The highest BCUT2D eigenvalue weighted by atomic mass is 19.4. The fraction of sp³-hybridized carbons (Fsp3) is 0.222. The first-order chi connectivity index (χ1) is 7.83. The van der Waals surface area contributed by atoms with Gasteiger partial charge in [-0.15, -0.1) is 0 Å². The normalized spacial score (nSPS) is 12.6. The van der Waals surface area contributed by atoms with Crippen molar-refractivity contribution in [1.82, 2.24) is 0 Å². The molecule has 4 nitrogen and oxygen atoms in total. The molecule has 0 saturated heterocycles. The fourth-order valence-electron chi connectivity index (χ4n) is 0.995. The van der Waals surface area contributed by atoms with E-state index in [2.05, 4.69) is 9.89 Å². The van der Waals surface area contributed by atoms with Crippen molar-refractivity contribution in [3.8, 4) is 5.75 Å². The van der Waals surface area contributed by atoms with E-state index in [4.69, 9.17) is 10.9 Å². The monoisotopic (exact) mass is 252 g/mol. The zero-order valence-electron chi connectivity index (χ0n) is 8.33. The van der Waals surface area contributed by atoms with E-state index in [0.717, 1.165) is 12.1 Å². The molecule has 0 aliphatic heterocycles. The second-order valence-electron chi connectivity index (χ2n) is 3.03. The standard InChI is InChI=1S/C9H8F4N2O2/c10-6-3-5(8(14)15-16)1-2-7(6)17-4-9(11,12)13/h1-3,16H,4H2,(H2,14,15). The minimum absolute atomic E-state index is 0.0318. The molecule has 0 bridgehead atoms. The molecule has 0 spiro atoms. The van der Waals surface area contributed by atoms with Gasteiger partial charge in [0.1, 0.15) is 0 Å². The minimum atomic E-state index is -4.54. The number of ether oxygens (including phenoxy) is 1. The summed E-state index contributed by atoms with van der Waals surface area (Å²) >= 11 is 0. The molecule has 0 atom stereocenters. The number of nitrogens with zero attached hydrogens (tertiary/aromatic N) is 1. The van der Waals surface area contributed by atoms with E-state index in [1.54, 1.807) is 0 Å². The summed E-state index contributed by atoms with van der Waals surface area (Å²) in [6.45, 7) is -1.59. The van der Waals surface area contributed by atoms with Gasteiger partial charge in [0.15, 0.2) is 24.0 Å². The van der Waals surface area contributed by atoms with Gasteiger partial charge in [-0.3, -0.25) is 0 Å². The second-order valence-corrected chi connectivity index (χ2v) is 3.03. The number of halogens is 4. The van der Waals surface area contributed by atoms with E-state index in [-0.39, 0.29) is 11.4 Å². The Morgan fingerprint density at radius 3 is 2.53 bits per heavy atom. The van der Waals surface area contributed by atoms with Crippen molar-refractivity contribution < 1.29 is 27.5 Å². The molecule has 1 aromatic carbocycles. The Morgan fingerprint density at radius 2 is 2.06 bits per heavy atom. The lowest BCUT2D eigenvalue weighted by Gasteiger charge is -2.10. The lowest BCUT2D eigenvalue weighted by Crippen LogP contribution is -2.20. The van der Waals surface area contributed by atoms with Gasteiger partial charge in [0.2, 0.25) is 0 Å². The Hall–Kier alpha value is -1.99. The molecule has 0 unspecified atom stereocenters. The highest BCUT2D eigenvalue weighted by Crippen LogP contribution is 2.22. The van der Waals surface area contributed by atoms with Crippen LogP contribution in [0.5, 0.6) is 5.75 Å². The lowest BCUT2D eigenvalue weighted by molar-refractivity contribution is -0.153. The molecule has 0 heterocycles. The van der Waals surface area contributed by atoms with Gasteiger partial charge in [0.05, 0.1) is 0 Å². The van der Waals surface area contributed by atoms with E-state index in [1.165, 1.54) is 6.07 Å². The predicted molar refractivity (Wildman–Crippen MR) is 50.5 cm³/mol. The topological polar surface area (TPSA) is 67.8 Å². The summed E-state index contributed by atoms with van der Waals surface area (Å²) < 4.78 is 52.9. The molecule has 8 heteroatoms. The second kappa shape index (κ2) is 4.89. The van der Waals surface area contributed by atoms with Crippen LogP contribution in [0.25, 0.3) is 0 Å². The van der Waals surface area contributed by atoms with Crippen LogP contribution in [0.4, 0.5) is 17.6 Å². The van der Waals surface area contributed by atoms with Crippen LogP contribution in [0.1, 0.15) is 5.56 Å². The van der Waals surface area contributed by atoms with Crippen molar-refractivity contribution >= 4 is 5.84 Å². The van der Waals surface area contributed by atoms with Crippen LogP contribution in [0.3, 0.4) is 0 Å². The quantitative estimate of drug-likeness (QED) is 0.283. The van der Waals surface area contributed by atoms with E-state index in [0.29, 0.717) is 0 Å². The van der Waals surface area contributed by atoms with E-state index in [1.807, 2.05) is 0 Å². The molecule has 0 aliphatic rings. The average molecular weight is 252 g/mol. The molecule has 0 fully saturated rings. The number of hydrogen-bond donors (Lipinski definition) is 2. The summed E-state index contributed by atoms with van der Waals surface area (Å²) in [6, 6.07) is 2.94. The predicted octanol–water partition coefficient (Wildman–Crippen LogP) is 1.86. The Balaban J connectivity index is 2.84. The smallest absolute Gasteiger partial charge is 0.422 e. The Morgan fingerprint density at radius 1 is 1.41 bits per heavy atom. The number of oxime groups is 1. The van der Waals surface area contributed by atoms with Gasteiger partial charge in [-0.1, -0.05) is 5.16 Å². The number of nitrogens with two attached hydrogens (primary N) is 1. The third-order valence-electron chi connectivity index (χ3n) is 1.73. The maximum Gasteiger partial charge on any atom is 0.422 e. The van der Waals surface area contributed by atoms with Crippen LogP contribution in [-0.4, -0.2) is 23.8 Å². The number of rotatable bonds is 3. The van der Waals surface area contributed by atoms with Gasteiger partial charge in [-0.25, -0.2) is 4.39 Å². The molecule has 17 heavy (non-hydrogen) atoms. The summed E-state index contributed by atoms with van der Waals surface area (Å²) in [6.07, 6.45) is -4.54. The first-order valence-corrected chi connectivity index (χ1v) is 4.30. The molecule has 0 aromatic heterocycles. The highest BCUT2D eigenvalue weighted by Gasteiger charge is 2.28. The molecule has 1 aromatic rings. The average Bonchev–Trinajstić information content (AvgIpc) is 2.25. The summed E-state index contributed by atoms with van der Waals surface area (Å²) in [5.74, 6) is -1.94. The Labute approximate surface area is 93.3 Å². The third-order valence-corrected chi connectivity index (χ3v) is 1.73. The van der Waals surface area contributed by atoms with Crippen molar-refractivity contribution in [1.29, 1.82) is 0 Å². The summed E-state index contributed by atoms with van der Waals surface area (Å²) in [5.41, 5.74) is 5.20. The lowest BCUT2D eigenvalue weighted by atomic mass is 10.2. The molecular formula is C9H8F4N2O2. The maximum atomic E-state index is 13.2. The van der Waals surface area contributed by atoms with E-state index < -0.39 is 24.3 Å². The van der Waals surface area contributed by atoms with Gasteiger partial charge in [0, 0.05) is 5.56 Å². The van der Waals surface area contributed by atoms with Crippen LogP contribution in [0.15, 0.2) is 23.4 Å². The zero-order chi connectivity index (χ0) is 13.1. The van der Waals surface area contributed by atoms with Gasteiger partial charge in [0.25, 0.3) is 0 Å². The van der Waals surface area contributed by atoms with Crippen LogP contribution in [0, 0.1) is 5.82 Å². The molecular weight excluding hydrogens is 244 g/mol. The van der Waals surface area contributed by atoms with Gasteiger partial charge in [-0.05, 0) is 18.2 Å². The van der Waals surface area contributed by atoms with Crippen molar-refractivity contribution in [3.05, 3.63) is 29.6 Å². The molecule has 0 amide bonds. The first kappa shape index (κ1) is 13.1. The van der Waals surface area contributed by atoms with Gasteiger partial charge >= 0.3 is 6.18 Å². The first-order valence-electron chi connectivity index (χ1n) is 4.30. The van der Waals surface area contributed by atoms with Gasteiger partial charge < -0.3 is 15.7 Å². The number of hydrogen-bond acceptors (Lipinski definition) is 3. The van der Waals surface area contributed by atoms with Crippen LogP contribution in [-0.2, 0) is 0 Å². The maximum absolute atomic E-state index is 13.2. The molecule has 0 aliphatic carbocycles. The van der Waals surface area contributed by atoms with Crippen molar-refractivity contribution in [2.24, 2.45) is 10.9 Å². The van der Waals surface area contributed by atoms with Crippen LogP contribution < -0.4 is 10.5 Å². The fourth-order valence-corrected chi connectivity index (χ4v) is 0.995. The van der Waals surface area contributed by atoms with Crippen LogP contribution >= 0.6 is 0 Å². The Kier molecular flexibility index (Phi) is 3.77. The van der Waals surface area contributed by atoms with Crippen molar-refractivity contribution in [3.63, 3.8) is 0 Å². The van der Waals surface area contributed by atoms with E-state index >= 15 is 0 Å². The number of benzene rings is 1. The largest absolute Gasteiger partial charge is 0.481 e. The summed E-state index contributed by atoms with van der Waals surface area (Å²) in [5, 5.41) is 10.9. The zero-order valence-corrected chi connectivity index (χ0v) is 8.33. The third kappa shape index (κ3) is 3.82. The molecule has 94 valence electrons. The number of alkyl halides is 3. The van der Waals surface area contributed by atoms with E-state index in [9.17, 15) is 17.6 Å². The van der Waals surface area contributed by atoms with Gasteiger partial charge in [-0.2, -0.15) is 13.2 Å². The summed E-state index contributed by atoms with van der Waals surface area (Å²) in [4.78, 5) is 0. The number of amidine groups is 1. The molecule has 0 saturated carbocycles. The minimum Gasteiger partial charge on any atom is -0.481 e. The SMILES string of the molecule is N/C(=N\O)c1ccc(OCC(F)(F)F)c(F)c1. The van der Waals surface area contributed by atoms with Crippen molar-refractivity contribution in [2.45, 2.75) is 6.18 Å². The van der Waals surface area contributed by atoms with Crippen LogP contribution in [0.2, 0.25) is 0 Å². The molecule has 3 N–H and O–H groups in total. The highest BCUT2D eigenvalue weighted by molar-refractivity contribution is 5.97. The molecule has 0 radical (unpaired) electrons. The Bertz CT molecular complexity index is 431. The molecule has 1 rings (SSSR count). The van der Waals surface area contributed by atoms with Crippen molar-refractivity contribution in [2.75, 3.05) is 6.61 Å². The summed E-state index contributed by atoms with van der Waals surface area (Å²) in [7, 11) is 0.